The van der Waals surface area contributed by atoms with E-state index in [0.29, 0.717) is 0 Å². The maximum absolute atomic E-state index is 6.75. The highest BCUT2D eigenvalue weighted by Crippen LogP contribution is 2.51. The predicted molar refractivity (Wildman–Crippen MR) is 234 cm³/mol. The van der Waals surface area contributed by atoms with Gasteiger partial charge in [0.15, 0.2) is 0 Å². The molecule has 2 heterocycles. The van der Waals surface area contributed by atoms with Gasteiger partial charge in [0.2, 0.25) is 0 Å². The highest BCUT2D eigenvalue weighted by Gasteiger charge is 2.52. The molecule has 1 aliphatic heterocycles. The third-order valence-electron chi connectivity index (χ3n) is 12.6. The van der Waals surface area contributed by atoms with Crippen molar-refractivity contribution in [3.63, 3.8) is 0 Å². The van der Waals surface area contributed by atoms with Crippen molar-refractivity contribution in [2.24, 2.45) is 0 Å². The Morgan fingerprint density at radius 1 is 0.464 bits per heavy atom. The summed E-state index contributed by atoms with van der Waals surface area (Å²) >= 11 is 0. The molecule has 1 fully saturated rings. The molecule has 56 heavy (non-hydrogen) atoms. The third-order valence-corrected chi connectivity index (χ3v) is 12.6. The molecule has 0 amide bonds. The van der Waals surface area contributed by atoms with E-state index in [1.165, 1.54) is 38.5 Å². The standard InChI is InChI=1S/C51H45BN2O2/c1-49(2)45-23-15-13-21-41(45)42-28-26-39(33-46(42)49)53(37-17-9-7-10-18-37)40-30-35(29-36(32-40)52-55-50(3,4)51(5,6)56-52)34-25-27-44-43-22-14-16-24-47(43)54(48(44)31-34)38-19-11-8-12-20-38/h7-33H,1-6H3. The number of nitrogens with zero attached hydrogens (tertiary/aromatic N) is 2. The molecule has 2 aliphatic rings. The highest BCUT2D eigenvalue weighted by atomic mass is 16.7. The molecule has 0 N–H and O–H groups in total. The Bertz CT molecular complexity index is 2790. The van der Waals surface area contributed by atoms with Gasteiger partial charge in [0.25, 0.3) is 0 Å². The van der Waals surface area contributed by atoms with Gasteiger partial charge in [-0.2, -0.15) is 0 Å². The second kappa shape index (κ2) is 12.6. The van der Waals surface area contributed by atoms with E-state index in [2.05, 4.69) is 215 Å². The number of rotatable bonds is 6. The zero-order chi connectivity index (χ0) is 38.4. The van der Waals surface area contributed by atoms with E-state index in [9.17, 15) is 0 Å². The Kier molecular flexibility index (Phi) is 7.77. The first-order valence-electron chi connectivity index (χ1n) is 19.7. The Labute approximate surface area is 330 Å². The minimum atomic E-state index is -0.538. The number of benzene rings is 7. The normalized spacial score (nSPS) is 16.3. The van der Waals surface area contributed by atoms with Crippen LogP contribution in [0.15, 0.2) is 164 Å². The molecule has 8 aromatic rings. The van der Waals surface area contributed by atoms with Gasteiger partial charge >= 0.3 is 7.12 Å². The summed E-state index contributed by atoms with van der Waals surface area (Å²) in [7, 11) is -0.538. The number of hydrogen-bond acceptors (Lipinski definition) is 3. The summed E-state index contributed by atoms with van der Waals surface area (Å²) in [5.74, 6) is 0. The molecule has 7 aromatic carbocycles. The Hall–Kier alpha value is -5.88. The molecular weight excluding hydrogens is 683 g/mol. The Morgan fingerprint density at radius 3 is 1.88 bits per heavy atom. The quantitative estimate of drug-likeness (QED) is 0.160. The highest BCUT2D eigenvalue weighted by molar-refractivity contribution is 6.62. The average Bonchev–Trinajstić information content (AvgIpc) is 3.75. The van der Waals surface area contributed by atoms with Gasteiger partial charge in [-0.3, -0.25) is 0 Å². The SMILES string of the molecule is CC1(C)c2ccccc2-c2ccc(N(c3ccccc3)c3cc(B4OC(C)(C)C(C)(C)O4)cc(-c4ccc5c6ccccc6n(-c6ccccc6)c5c4)c3)cc21. The van der Waals surface area contributed by atoms with Crippen molar-refractivity contribution in [1.29, 1.82) is 0 Å². The number of aromatic nitrogens is 1. The van der Waals surface area contributed by atoms with E-state index in [1.54, 1.807) is 0 Å². The van der Waals surface area contributed by atoms with Gasteiger partial charge in [-0.25, -0.2) is 0 Å². The summed E-state index contributed by atoms with van der Waals surface area (Å²) in [6.07, 6.45) is 0. The maximum atomic E-state index is 6.75. The first kappa shape index (κ1) is 34.6. The van der Waals surface area contributed by atoms with Crippen LogP contribution >= 0.6 is 0 Å². The van der Waals surface area contributed by atoms with Crippen LogP contribution in [0.2, 0.25) is 0 Å². The van der Waals surface area contributed by atoms with Crippen molar-refractivity contribution in [2.45, 2.75) is 58.2 Å². The van der Waals surface area contributed by atoms with Crippen molar-refractivity contribution in [3.8, 4) is 27.9 Å². The lowest BCUT2D eigenvalue weighted by molar-refractivity contribution is 0.00578. The number of para-hydroxylation sites is 3. The van der Waals surface area contributed by atoms with Crippen LogP contribution in [-0.4, -0.2) is 22.9 Å². The second-order valence-corrected chi connectivity index (χ2v) is 16.9. The van der Waals surface area contributed by atoms with Gasteiger partial charge in [0, 0.05) is 38.9 Å². The minimum Gasteiger partial charge on any atom is -0.399 e. The number of anilines is 3. The molecule has 0 spiro atoms. The Morgan fingerprint density at radius 2 is 1.11 bits per heavy atom. The van der Waals surface area contributed by atoms with Crippen LogP contribution in [0.25, 0.3) is 49.7 Å². The number of hydrogen-bond donors (Lipinski definition) is 0. The van der Waals surface area contributed by atoms with Gasteiger partial charge in [0.05, 0.1) is 22.2 Å². The summed E-state index contributed by atoms with van der Waals surface area (Å²) < 4.78 is 15.9. The molecule has 0 saturated carbocycles. The van der Waals surface area contributed by atoms with Crippen molar-refractivity contribution in [3.05, 3.63) is 175 Å². The first-order valence-corrected chi connectivity index (χ1v) is 19.7. The van der Waals surface area contributed by atoms with Crippen LogP contribution in [0.4, 0.5) is 17.1 Å². The lowest BCUT2D eigenvalue weighted by Gasteiger charge is -2.32. The first-order chi connectivity index (χ1) is 27.0. The fraction of sp³-hybridized carbons (Fsp3) is 0.176. The fourth-order valence-electron chi connectivity index (χ4n) is 8.91. The van der Waals surface area contributed by atoms with Gasteiger partial charge in [-0.15, -0.1) is 0 Å². The van der Waals surface area contributed by atoms with Crippen LogP contribution in [0.1, 0.15) is 52.7 Å². The zero-order valence-corrected chi connectivity index (χ0v) is 32.9. The molecular formula is C51H45BN2O2. The predicted octanol–water partition coefficient (Wildman–Crippen LogP) is 12.5. The lowest BCUT2D eigenvalue weighted by Crippen LogP contribution is -2.41. The van der Waals surface area contributed by atoms with Gasteiger partial charge in [-0.05, 0) is 127 Å². The fourth-order valence-corrected chi connectivity index (χ4v) is 8.91. The molecule has 10 rings (SSSR count). The van der Waals surface area contributed by atoms with Crippen molar-refractivity contribution in [2.75, 3.05) is 4.90 Å². The lowest BCUT2D eigenvalue weighted by atomic mass is 9.77. The van der Waals surface area contributed by atoms with Gasteiger partial charge in [0.1, 0.15) is 0 Å². The molecule has 0 atom stereocenters. The van der Waals surface area contributed by atoms with E-state index in [-0.39, 0.29) is 5.41 Å². The van der Waals surface area contributed by atoms with Crippen LogP contribution in [-0.2, 0) is 14.7 Å². The summed E-state index contributed by atoms with van der Waals surface area (Å²) in [5, 5.41) is 2.46. The molecule has 0 unspecified atom stereocenters. The summed E-state index contributed by atoms with van der Waals surface area (Å²) in [4.78, 5) is 2.39. The molecule has 4 nitrogen and oxygen atoms in total. The second-order valence-electron chi connectivity index (χ2n) is 16.9. The molecule has 1 aliphatic carbocycles. The van der Waals surface area contributed by atoms with E-state index in [0.717, 1.165) is 44.9 Å². The average molecular weight is 729 g/mol. The van der Waals surface area contributed by atoms with E-state index in [4.69, 9.17) is 9.31 Å². The third kappa shape index (κ3) is 5.37. The molecule has 0 radical (unpaired) electrons. The summed E-state index contributed by atoms with van der Waals surface area (Å²) in [6.45, 7) is 13.2. The van der Waals surface area contributed by atoms with Crippen molar-refractivity contribution in [1.82, 2.24) is 4.57 Å². The topological polar surface area (TPSA) is 26.6 Å². The molecule has 1 aromatic heterocycles. The van der Waals surface area contributed by atoms with E-state index >= 15 is 0 Å². The zero-order valence-electron chi connectivity index (χ0n) is 32.9. The van der Waals surface area contributed by atoms with Crippen LogP contribution < -0.4 is 10.4 Å². The van der Waals surface area contributed by atoms with Crippen LogP contribution in [0.3, 0.4) is 0 Å². The van der Waals surface area contributed by atoms with Crippen molar-refractivity contribution < 1.29 is 9.31 Å². The molecule has 1 saturated heterocycles. The van der Waals surface area contributed by atoms with Crippen molar-refractivity contribution >= 4 is 51.4 Å². The van der Waals surface area contributed by atoms with E-state index < -0.39 is 18.3 Å². The molecule has 0 bridgehead atoms. The van der Waals surface area contributed by atoms with Crippen LogP contribution in [0, 0.1) is 0 Å². The van der Waals surface area contributed by atoms with E-state index in [1.807, 2.05) is 0 Å². The Balaban J connectivity index is 1.19. The minimum absolute atomic E-state index is 0.132. The molecule has 5 heteroatoms. The van der Waals surface area contributed by atoms with Gasteiger partial charge in [-0.1, -0.05) is 117 Å². The molecule has 274 valence electrons. The maximum Gasteiger partial charge on any atom is 0.494 e. The van der Waals surface area contributed by atoms with Crippen LogP contribution in [0.5, 0.6) is 0 Å². The smallest absolute Gasteiger partial charge is 0.399 e. The van der Waals surface area contributed by atoms with Gasteiger partial charge < -0.3 is 18.8 Å². The summed E-state index contributed by atoms with van der Waals surface area (Å²) in [5.41, 5.74) is 14.1. The summed E-state index contributed by atoms with van der Waals surface area (Å²) in [6, 6.07) is 59.6. The number of fused-ring (bicyclic) bond motifs is 6. The monoisotopic (exact) mass is 728 g/mol. The largest absolute Gasteiger partial charge is 0.494 e.